The van der Waals surface area contributed by atoms with Crippen LogP contribution in [0.5, 0.6) is 11.5 Å². The van der Waals surface area contributed by atoms with Gasteiger partial charge in [0.25, 0.3) is 11.1 Å². The monoisotopic (exact) mass is 441 g/mol. The highest BCUT2D eigenvalue weighted by molar-refractivity contribution is 8.18. The number of hydrogen-bond donors (Lipinski definition) is 0. The smallest absolute Gasteiger partial charge is 0.416 e. The Labute approximate surface area is 172 Å². The molecule has 2 aromatic carbocycles. The molecule has 0 aromatic heterocycles. The van der Waals surface area contributed by atoms with E-state index in [9.17, 15) is 22.8 Å². The first kappa shape index (κ1) is 19.7. The van der Waals surface area contributed by atoms with Crippen molar-refractivity contribution >= 4 is 40.6 Å². The first-order valence-electron chi connectivity index (χ1n) is 8.23. The Morgan fingerprint density at radius 1 is 1.14 bits per heavy atom. The fraction of sp³-hybridized carbons (Fsp3) is 0.158. The summed E-state index contributed by atoms with van der Waals surface area (Å²) in [4.78, 5) is 26.0. The summed E-state index contributed by atoms with van der Waals surface area (Å²) in [6, 6.07) is 7.65. The number of benzene rings is 2. The number of thioether (sulfide) groups is 1. The molecule has 2 aliphatic rings. The number of imide groups is 1. The highest BCUT2D eigenvalue weighted by Gasteiger charge is 2.36. The van der Waals surface area contributed by atoms with Crippen LogP contribution in [0.2, 0.25) is 5.02 Å². The van der Waals surface area contributed by atoms with Gasteiger partial charge < -0.3 is 9.47 Å². The van der Waals surface area contributed by atoms with Gasteiger partial charge >= 0.3 is 6.18 Å². The average Bonchev–Trinajstić information content (AvgIpc) is 3.21. The molecule has 0 N–H and O–H groups in total. The summed E-state index contributed by atoms with van der Waals surface area (Å²) >= 11 is 6.85. The van der Waals surface area contributed by atoms with Crippen LogP contribution in [-0.2, 0) is 17.5 Å². The van der Waals surface area contributed by atoms with Gasteiger partial charge in [0, 0.05) is 11.1 Å². The van der Waals surface area contributed by atoms with Gasteiger partial charge in [-0.25, -0.2) is 0 Å². The van der Waals surface area contributed by atoms with Crippen molar-refractivity contribution < 1.29 is 32.2 Å². The molecule has 1 saturated heterocycles. The Hall–Kier alpha value is -2.65. The zero-order valence-corrected chi connectivity index (χ0v) is 16.0. The van der Waals surface area contributed by atoms with E-state index in [1.807, 2.05) is 0 Å². The van der Waals surface area contributed by atoms with Crippen molar-refractivity contribution in [1.82, 2.24) is 4.90 Å². The third-order valence-electron chi connectivity index (χ3n) is 4.26. The van der Waals surface area contributed by atoms with Crippen molar-refractivity contribution in [2.45, 2.75) is 12.7 Å². The zero-order valence-electron chi connectivity index (χ0n) is 14.5. The molecule has 0 atom stereocenters. The maximum Gasteiger partial charge on any atom is 0.416 e. The van der Waals surface area contributed by atoms with Crippen molar-refractivity contribution in [3.63, 3.8) is 0 Å². The summed E-state index contributed by atoms with van der Waals surface area (Å²) in [5.41, 5.74) is -0.178. The SMILES string of the molecule is O=C1S/C(=C/c2cccc(C(F)(F)F)c2)C(=O)N1Cc1cc2c(cc1Cl)OCO2. The van der Waals surface area contributed by atoms with E-state index in [1.54, 1.807) is 6.07 Å². The predicted octanol–water partition coefficient (Wildman–Crippen LogP) is 5.32. The summed E-state index contributed by atoms with van der Waals surface area (Å²) < 4.78 is 49.1. The van der Waals surface area contributed by atoms with E-state index in [-0.39, 0.29) is 23.8 Å². The molecular formula is C19H11ClF3NO4S. The van der Waals surface area contributed by atoms with Crippen LogP contribution in [0.15, 0.2) is 41.3 Å². The molecule has 10 heteroatoms. The van der Waals surface area contributed by atoms with Crippen LogP contribution in [0.4, 0.5) is 18.0 Å². The second-order valence-electron chi connectivity index (χ2n) is 6.19. The highest BCUT2D eigenvalue weighted by atomic mass is 35.5. The minimum atomic E-state index is -4.50. The highest BCUT2D eigenvalue weighted by Crippen LogP contribution is 2.39. The molecule has 2 aliphatic heterocycles. The number of hydrogen-bond acceptors (Lipinski definition) is 5. The minimum absolute atomic E-state index is 0.0335. The summed E-state index contributed by atoms with van der Waals surface area (Å²) in [7, 11) is 0. The van der Waals surface area contributed by atoms with Gasteiger partial charge in [0.1, 0.15) is 0 Å². The van der Waals surface area contributed by atoms with Crippen molar-refractivity contribution in [2.24, 2.45) is 0 Å². The Morgan fingerprint density at radius 3 is 2.59 bits per heavy atom. The van der Waals surface area contributed by atoms with Gasteiger partial charge in [-0.15, -0.1) is 0 Å². The van der Waals surface area contributed by atoms with Crippen LogP contribution in [0.25, 0.3) is 6.08 Å². The van der Waals surface area contributed by atoms with Crippen LogP contribution in [0.3, 0.4) is 0 Å². The van der Waals surface area contributed by atoms with Crippen LogP contribution < -0.4 is 9.47 Å². The molecule has 4 rings (SSSR count). The molecule has 5 nitrogen and oxygen atoms in total. The number of halogens is 4. The Bertz CT molecular complexity index is 1050. The van der Waals surface area contributed by atoms with Gasteiger partial charge in [0.2, 0.25) is 6.79 Å². The molecule has 0 bridgehead atoms. The van der Waals surface area contributed by atoms with Crippen molar-refractivity contribution in [3.8, 4) is 11.5 Å². The lowest BCUT2D eigenvalue weighted by atomic mass is 10.1. The second-order valence-corrected chi connectivity index (χ2v) is 7.59. The van der Waals surface area contributed by atoms with Gasteiger partial charge in [-0.1, -0.05) is 23.7 Å². The first-order valence-corrected chi connectivity index (χ1v) is 9.42. The number of carbonyl (C=O) groups excluding carboxylic acids is 2. The van der Waals surface area contributed by atoms with Gasteiger partial charge in [-0.2, -0.15) is 13.2 Å². The Morgan fingerprint density at radius 2 is 1.86 bits per heavy atom. The number of fused-ring (bicyclic) bond motifs is 1. The number of amides is 2. The van der Waals surface area contributed by atoms with Gasteiger partial charge in [-0.3, -0.25) is 14.5 Å². The quantitative estimate of drug-likeness (QED) is 0.603. The van der Waals surface area contributed by atoms with Crippen molar-refractivity contribution in [2.75, 3.05) is 6.79 Å². The Kier molecular flexibility index (Phi) is 4.95. The van der Waals surface area contributed by atoms with E-state index >= 15 is 0 Å². The van der Waals surface area contributed by atoms with E-state index < -0.39 is 22.9 Å². The van der Waals surface area contributed by atoms with E-state index in [2.05, 4.69) is 0 Å². The first-order chi connectivity index (χ1) is 13.7. The van der Waals surface area contributed by atoms with Crippen LogP contribution in [0, 0.1) is 0 Å². The lowest BCUT2D eigenvalue weighted by molar-refractivity contribution is -0.137. The van der Waals surface area contributed by atoms with Crippen molar-refractivity contribution in [3.05, 3.63) is 63.0 Å². The normalized spacial score (nSPS) is 17.5. The number of nitrogens with zero attached hydrogens (tertiary/aromatic N) is 1. The molecular weight excluding hydrogens is 431 g/mol. The second kappa shape index (κ2) is 7.31. The molecule has 0 saturated carbocycles. The van der Waals surface area contributed by atoms with Crippen LogP contribution in [0.1, 0.15) is 16.7 Å². The summed E-state index contributed by atoms with van der Waals surface area (Å²) in [6.45, 7) is -0.0451. The number of alkyl halides is 3. The summed E-state index contributed by atoms with van der Waals surface area (Å²) in [5, 5.41) is -0.239. The molecule has 0 aliphatic carbocycles. The summed E-state index contributed by atoms with van der Waals surface area (Å²) in [6.07, 6.45) is -3.24. The Balaban J connectivity index is 1.58. The molecule has 2 heterocycles. The number of rotatable bonds is 3. The lowest BCUT2D eigenvalue weighted by Crippen LogP contribution is -2.27. The molecule has 1 fully saturated rings. The molecule has 0 unspecified atom stereocenters. The van der Waals surface area contributed by atoms with E-state index in [4.69, 9.17) is 21.1 Å². The maximum atomic E-state index is 12.9. The van der Waals surface area contributed by atoms with Gasteiger partial charge in [-0.05, 0) is 47.2 Å². The van der Waals surface area contributed by atoms with Gasteiger partial charge in [0.15, 0.2) is 11.5 Å². The van der Waals surface area contributed by atoms with Gasteiger partial charge in [0.05, 0.1) is 17.0 Å². The molecule has 2 amide bonds. The maximum absolute atomic E-state index is 12.9. The summed E-state index contributed by atoms with van der Waals surface area (Å²) in [5.74, 6) is 0.319. The topological polar surface area (TPSA) is 55.8 Å². The third-order valence-corrected chi connectivity index (χ3v) is 5.51. The average molecular weight is 442 g/mol. The van der Waals surface area contributed by atoms with E-state index in [0.29, 0.717) is 33.8 Å². The third kappa shape index (κ3) is 3.92. The zero-order chi connectivity index (χ0) is 20.8. The van der Waals surface area contributed by atoms with E-state index in [0.717, 1.165) is 17.0 Å². The van der Waals surface area contributed by atoms with Crippen molar-refractivity contribution in [1.29, 1.82) is 0 Å². The van der Waals surface area contributed by atoms with Crippen LogP contribution in [-0.4, -0.2) is 22.8 Å². The fourth-order valence-electron chi connectivity index (χ4n) is 2.84. The molecule has 0 spiro atoms. The predicted molar refractivity (Wildman–Crippen MR) is 101 cm³/mol. The molecule has 0 radical (unpaired) electrons. The minimum Gasteiger partial charge on any atom is -0.454 e. The molecule has 2 aromatic rings. The number of ether oxygens (including phenoxy) is 2. The number of carbonyl (C=O) groups is 2. The largest absolute Gasteiger partial charge is 0.454 e. The van der Waals surface area contributed by atoms with E-state index in [1.165, 1.54) is 24.3 Å². The lowest BCUT2D eigenvalue weighted by Gasteiger charge is -2.14. The molecule has 150 valence electrons. The fourth-order valence-corrected chi connectivity index (χ4v) is 3.89. The van der Waals surface area contributed by atoms with Crippen LogP contribution >= 0.6 is 23.4 Å². The standard InChI is InChI=1S/C19H11ClF3NO4S/c20-13-7-15-14(27-9-28-15)6-11(13)8-24-17(25)16(29-18(24)26)5-10-2-1-3-12(4-10)19(21,22)23/h1-7H,8-9H2/b16-5+. The molecule has 29 heavy (non-hydrogen) atoms.